The van der Waals surface area contributed by atoms with Gasteiger partial charge in [-0.25, -0.2) is 13.1 Å². The van der Waals surface area contributed by atoms with Crippen LogP contribution in [0, 0.1) is 5.41 Å². The Balaban J connectivity index is 1.71. The van der Waals surface area contributed by atoms with Gasteiger partial charge in [0.15, 0.2) is 0 Å². The second kappa shape index (κ2) is 7.54. The Morgan fingerprint density at radius 1 is 1.19 bits per heavy atom. The minimum Gasteiger partial charge on any atom is -0.367 e. The van der Waals surface area contributed by atoms with Crippen LogP contribution in [0.3, 0.4) is 0 Å². The molecule has 0 aliphatic carbocycles. The lowest BCUT2D eigenvalue weighted by molar-refractivity contribution is -0.142. The highest BCUT2D eigenvalue weighted by Crippen LogP contribution is 2.30. The molecule has 26 heavy (non-hydrogen) atoms. The highest BCUT2D eigenvalue weighted by molar-refractivity contribution is 7.89. The van der Waals surface area contributed by atoms with Crippen LogP contribution in [0.4, 0.5) is 5.69 Å². The van der Waals surface area contributed by atoms with E-state index in [1.165, 1.54) is 7.05 Å². The summed E-state index contributed by atoms with van der Waals surface area (Å²) in [6.45, 7) is 6.24. The van der Waals surface area contributed by atoms with E-state index in [2.05, 4.69) is 14.9 Å². The van der Waals surface area contributed by atoms with E-state index in [1.807, 2.05) is 24.0 Å². The molecule has 8 heteroatoms. The molecule has 0 saturated carbocycles. The lowest BCUT2D eigenvalue weighted by atomic mass is 9.81. The zero-order valence-corrected chi connectivity index (χ0v) is 16.3. The molecule has 2 heterocycles. The van der Waals surface area contributed by atoms with E-state index in [1.54, 1.807) is 12.1 Å². The number of hydrogen-bond acceptors (Lipinski definition) is 5. The van der Waals surface area contributed by atoms with Crippen molar-refractivity contribution in [2.75, 3.05) is 51.2 Å². The summed E-state index contributed by atoms with van der Waals surface area (Å²) in [6, 6.07) is 7.02. The van der Waals surface area contributed by atoms with Crippen LogP contribution in [0.15, 0.2) is 29.2 Å². The average molecular weight is 381 g/mol. The molecular formula is C18H28N4O3S. The van der Waals surface area contributed by atoms with Gasteiger partial charge in [0.2, 0.25) is 15.9 Å². The Hall–Kier alpha value is -1.64. The Labute approximate surface area is 155 Å². The van der Waals surface area contributed by atoms with Crippen molar-refractivity contribution in [1.82, 2.24) is 14.9 Å². The van der Waals surface area contributed by atoms with E-state index >= 15 is 0 Å². The van der Waals surface area contributed by atoms with Crippen LogP contribution in [0.25, 0.3) is 0 Å². The molecule has 0 spiro atoms. The number of benzene rings is 1. The summed E-state index contributed by atoms with van der Waals surface area (Å²) in [5.74, 6) is 0.209. The third kappa shape index (κ3) is 3.72. The number of hydrogen-bond donors (Lipinski definition) is 2. The Kier molecular flexibility index (Phi) is 5.55. The molecule has 1 amide bonds. The molecule has 7 nitrogen and oxygen atoms in total. The van der Waals surface area contributed by atoms with E-state index in [0.29, 0.717) is 31.9 Å². The third-order valence-electron chi connectivity index (χ3n) is 5.44. The van der Waals surface area contributed by atoms with Crippen LogP contribution >= 0.6 is 0 Å². The van der Waals surface area contributed by atoms with Gasteiger partial charge >= 0.3 is 0 Å². The van der Waals surface area contributed by atoms with Crippen LogP contribution in [-0.2, 0) is 14.8 Å². The van der Waals surface area contributed by atoms with Gasteiger partial charge in [0.05, 0.1) is 11.1 Å². The topological polar surface area (TPSA) is 81.8 Å². The number of rotatable bonds is 4. The van der Waals surface area contributed by atoms with Crippen molar-refractivity contribution in [2.24, 2.45) is 5.41 Å². The quantitative estimate of drug-likeness (QED) is 0.801. The fourth-order valence-electron chi connectivity index (χ4n) is 3.83. The number of carbonyl (C=O) groups excluding carboxylic acids is 1. The molecule has 144 valence electrons. The Morgan fingerprint density at radius 2 is 1.88 bits per heavy atom. The van der Waals surface area contributed by atoms with Gasteiger partial charge in [0, 0.05) is 32.7 Å². The molecule has 1 unspecified atom stereocenters. The standard InChI is InChI=1S/C18H28N4O3S/c1-18(8-5-9-20-14-18)17(23)22-12-10-21(11-13-22)15-6-3-4-7-16(15)26(24,25)19-2/h3-4,6-7,19-20H,5,8-14H2,1-2H3. The minimum atomic E-state index is -3.52. The van der Waals surface area contributed by atoms with E-state index in [0.717, 1.165) is 25.9 Å². The van der Waals surface area contributed by atoms with Crippen molar-refractivity contribution in [2.45, 2.75) is 24.7 Å². The van der Waals surface area contributed by atoms with Crippen molar-refractivity contribution in [3.05, 3.63) is 24.3 Å². The zero-order chi connectivity index (χ0) is 18.8. The van der Waals surface area contributed by atoms with E-state index < -0.39 is 10.0 Å². The second-order valence-corrected chi connectivity index (χ2v) is 9.15. The molecule has 1 aromatic carbocycles. The predicted molar refractivity (Wildman–Crippen MR) is 102 cm³/mol. The highest BCUT2D eigenvalue weighted by atomic mass is 32.2. The number of carbonyl (C=O) groups is 1. The maximum Gasteiger partial charge on any atom is 0.242 e. The molecule has 3 rings (SSSR count). The number of amides is 1. The number of piperidine rings is 1. The largest absolute Gasteiger partial charge is 0.367 e. The maximum absolute atomic E-state index is 13.0. The number of nitrogens with one attached hydrogen (secondary N) is 2. The summed E-state index contributed by atoms with van der Waals surface area (Å²) in [6.07, 6.45) is 1.94. The Morgan fingerprint density at radius 3 is 2.50 bits per heavy atom. The van der Waals surface area contributed by atoms with Gasteiger partial charge in [-0.2, -0.15) is 0 Å². The number of piperazine rings is 1. The van der Waals surface area contributed by atoms with Crippen LogP contribution < -0.4 is 14.9 Å². The first-order chi connectivity index (χ1) is 12.4. The first-order valence-corrected chi connectivity index (χ1v) is 10.6. The van der Waals surface area contributed by atoms with Crippen molar-refractivity contribution < 1.29 is 13.2 Å². The molecule has 2 aliphatic rings. The van der Waals surface area contributed by atoms with Gasteiger partial charge in [0.1, 0.15) is 4.90 Å². The summed E-state index contributed by atoms with van der Waals surface area (Å²) in [7, 11) is -2.10. The molecular weight excluding hydrogens is 352 g/mol. The maximum atomic E-state index is 13.0. The zero-order valence-electron chi connectivity index (χ0n) is 15.5. The molecule has 0 radical (unpaired) electrons. The number of nitrogens with zero attached hydrogens (tertiary/aromatic N) is 2. The molecule has 1 aromatic rings. The summed E-state index contributed by atoms with van der Waals surface area (Å²) in [4.78, 5) is 17.2. The first-order valence-electron chi connectivity index (χ1n) is 9.15. The predicted octanol–water partition coefficient (Wildman–Crippen LogP) is 0.633. The summed E-state index contributed by atoms with van der Waals surface area (Å²) < 4.78 is 26.9. The average Bonchev–Trinajstić information content (AvgIpc) is 2.68. The summed E-state index contributed by atoms with van der Waals surface area (Å²) in [5, 5.41) is 3.33. The molecule has 2 N–H and O–H groups in total. The fraction of sp³-hybridized carbons (Fsp3) is 0.611. The lowest BCUT2D eigenvalue weighted by Crippen LogP contribution is -2.56. The van der Waals surface area contributed by atoms with Crippen molar-refractivity contribution in [1.29, 1.82) is 0 Å². The molecule has 2 aliphatic heterocycles. The third-order valence-corrected chi connectivity index (χ3v) is 6.91. The van der Waals surface area contributed by atoms with E-state index in [-0.39, 0.29) is 16.2 Å². The molecule has 0 aromatic heterocycles. The monoisotopic (exact) mass is 380 g/mol. The van der Waals surface area contributed by atoms with Gasteiger partial charge in [-0.15, -0.1) is 0 Å². The smallest absolute Gasteiger partial charge is 0.242 e. The van der Waals surface area contributed by atoms with Crippen LogP contribution in [0.1, 0.15) is 19.8 Å². The van der Waals surface area contributed by atoms with Gasteiger partial charge in [0.25, 0.3) is 0 Å². The Bertz CT molecular complexity index is 751. The molecule has 2 fully saturated rings. The SMILES string of the molecule is CNS(=O)(=O)c1ccccc1N1CCN(C(=O)C2(C)CCCNC2)CC1. The van der Waals surface area contributed by atoms with Crippen molar-refractivity contribution in [3.63, 3.8) is 0 Å². The fourth-order valence-corrected chi connectivity index (χ4v) is 4.78. The van der Waals surface area contributed by atoms with E-state index in [4.69, 9.17) is 0 Å². The highest BCUT2D eigenvalue weighted by Gasteiger charge is 2.38. The molecule has 2 saturated heterocycles. The van der Waals surface area contributed by atoms with Gasteiger partial charge < -0.3 is 15.1 Å². The summed E-state index contributed by atoms with van der Waals surface area (Å²) >= 11 is 0. The minimum absolute atomic E-state index is 0.209. The number of sulfonamides is 1. The van der Waals surface area contributed by atoms with Crippen LogP contribution in [0.2, 0.25) is 0 Å². The van der Waals surface area contributed by atoms with Crippen LogP contribution in [0.5, 0.6) is 0 Å². The van der Waals surface area contributed by atoms with Crippen molar-refractivity contribution >= 4 is 21.6 Å². The number of para-hydroxylation sites is 1. The summed E-state index contributed by atoms with van der Waals surface area (Å²) in [5.41, 5.74) is 0.368. The van der Waals surface area contributed by atoms with Crippen LogP contribution in [-0.4, -0.2) is 65.5 Å². The molecule has 0 bridgehead atoms. The number of anilines is 1. The van der Waals surface area contributed by atoms with Gasteiger partial charge in [-0.05, 0) is 45.5 Å². The van der Waals surface area contributed by atoms with Crippen molar-refractivity contribution in [3.8, 4) is 0 Å². The van der Waals surface area contributed by atoms with E-state index in [9.17, 15) is 13.2 Å². The van der Waals surface area contributed by atoms with Gasteiger partial charge in [-0.3, -0.25) is 4.79 Å². The lowest BCUT2D eigenvalue weighted by Gasteiger charge is -2.42. The first kappa shape index (κ1) is 19.1. The van der Waals surface area contributed by atoms with Gasteiger partial charge in [-0.1, -0.05) is 12.1 Å². The second-order valence-electron chi connectivity index (χ2n) is 7.30. The molecule has 1 atom stereocenters. The normalized spacial score (nSPS) is 24.5.